The first-order chi connectivity index (χ1) is 7.67. The second kappa shape index (κ2) is 4.14. The molecule has 2 amide bonds. The summed E-state index contributed by atoms with van der Waals surface area (Å²) >= 11 is 0. The van der Waals surface area contributed by atoms with Gasteiger partial charge in [-0.15, -0.1) is 0 Å². The number of hydrogen-bond acceptors (Lipinski definition) is 2. The molecule has 86 valence electrons. The van der Waals surface area contributed by atoms with Crippen LogP contribution in [-0.4, -0.2) is 23.4 Å². The molecule has 1 unspecified atom stereocenters. The standard InChI is InChI=1S/C12H16N2O2/c1-12(8-5-9-15)13-11(16)14(12)10-6-3-2-4-7-10/h2-4,6-7,15H,5,8-9H2,1H3,(H,13,16). The van der Waals surface area contributed by atoms with E-state index in [0.717, 1.165) is 12.1 Å². The molecule has 0 bridgehead atoms. The Labute approximate surface area is 94.9 Å². The third-order valence-electron chi connectivity index (χ3n) is 2.91. The third-order valence-corrected chi connectivity index (χ3v) is 2.91. The van der Waals surface area contributed by atoms with Crippen molar-refractivity contribution in [2.75, 3.05) is 11.5 Å². The number of nitrogens with one attached hydrogen (secondary N) is 1. The fourth-order valence-corrected chi connectivity index (χ4v) is 2.09. The minimum Gasteiger partial charge on any atom is -0.396 e. The Kier molecular flexibility index (Phi) is 2.83. The van der Waals surface area contributed by atoms with Gasteiger partial charge in [0.05, 0.1) is 0 Å². The first-order valence-electron chi connectivity index (χ1n) is 5.46. The van der Waals surface area contributed by atoms with E-state index < -0.39 is 0 Å². The van der Waals surface area contributed by atoms with Crippen molar-refractivity contribution in [2.24, 2.45) is 0 Å². The van der Waals surface area contributed by atoms with Gasteiger partial charge < -0.3 is 10.4 Å². The quantitative estimate of drug-likeness (QED) is 0.811. The average Bonchev–Trinajstić information content (AvgIpc) is 2.27. The Morgan fingerprint density at radius 1 is 1.38 bits per heavy atom. The molecule has 1 saturated heterocycles. The minimum atomic E-state index is -0.360. The molecule has 0 spiro atoms. The van der Waals surface area contributed by atoms with Crippen LogP contribution in [-0.2, 0) is 0 Å². The number of anilines is 1. The van der Waals surface area contributed by atoms with Crippen molar-refractivity contribution >= 4 is 11.7 Å². The molecular weight excluding hydrogens is 204 g/mol. The molecule has 4 heteroatoms. The van der Waals surface area contributed by atoms with Gasteiger partial charge in [0.2, 0.25) is 0 Å². The number of benzene rings is 1. The maximum atomic E-state index is 11.6. The molecule has 16 heavy (non-hydrogen) atoms. The van der Waals surface area contributed by atoms with E-state index in [9.17, 15) is 4.79 Å². The molecule has 0 aliphatic carbocycles. The lowest BCUT2D eigenvalue weighted by molar-refractivity contribution is 0.179. The van der Waals surface area contributed by atoms with Gasteiger partial charge in [-0.2, -0.15) is 0 Å². The monoisotopic (exact) mass is 220 g/mol. The van der Waals surface area contributed by atoms with Crippen LogP contribution in [0.2, 0.25) is 0 Å². The summed E-state index contributed by atoms with van der Waals surface area (Å²) in [6.07, 6.45) is 1.42. The fraction of sp³-hybridized carbons (Fsp3) is 0.417. The molecule has 4 nitrogen and oxygen atoms in total. The molecule has 1 atom stereocenters. The normalized spacial score (nSPS) is 23.9. The van der Waals surface area contributed by atoms with Crippen LogP contribution in [0.15, 0.2) is 30.3 Å². The van der Waals surface area contributed by atoms with E-state index >= 15 is 0 Å². The van der Waals surface area contributed by atoms with Gasteiger partial charge in [-0.25, -0.2) is 4.79 Å². The predicted octanol–water partition coefficient (Wildman–Crippen LogP) is 1.70. The maximum Gasteiger partial charge on any atom is 0.325 e. The smallest absolute Gasteiger partial charge is 0.325 e. The summed E-state index contributed by atoms with van der Waals surface area (Å²) in [7, 11) is 0. The first-order valence-corrected chi connectivity index (χ1v) is 5.46. The van der Waals surface area contributed by atoms with Crippen LogP contribution in [0, 0.1) is 0 Å². The van der Waals surface area contributed by atoms with Crippen molar-refractivity contribution in [3.05, 3.63) is 30.3 Å². The molecule has 1 aromatic rings. The number of hydrogen-bond donors (Lipinski definition) is 2. The van der Waals surface area contributed by atoms with Crippen molar-refractivity contribution in [1.29, 1.82) is 0 Å². The van der Waals surface area contributed by atoms with E-state index in [1.54, 1.807) is 4.90 Å². The van der Waals surface area contributed by atoms with E-state index in [1.807, 2.05) is 37.3 Å². The van der Waals surface area contributed by atoms with Gasteiger partial charge in [0, 0.05) is 12.3 Å². The number of urea groups is 1. The van der Waals surface area contributed by atoms with E-state index in [0.29, 0.717) is 6.42 Å². The molecule has 1 fully saturated rings. The highest BCUT2D eigenvalue weighted by Crippen LogP contribution is 2.32. The maximum absolute atomic E-state index is 11.6. The summed E-state index contributed by atoms with van der Waals surface area (Å²) in [4.78, 5) is 13.3. The van der Waals surface area contributed by atoms with Crippen LogP contribution in [0.25, 0.3) is 0 Å². The van der Waals surface area contributed by atoms with Gasteiger partial charge in [0.25, 0.3) is 0 Å². The van der Waals surface area contributed by atoms with Crippen molar-refractivity contribution in [1.82, 2.24) is 5.32 Å². The highest BCUT2D eigenvalue weighted by Gasteiger charge is 2.46. The van der Waals surface area contributed by atoms with Gasteiger partial charge in [-0.1, -0.05) is 18.2 Å². The lowest BCUT2D eigenvalue weighted by atomic mass is 9.99. The second-order valence-corrected chi connectivity index (χ2v) is 4.20. The van der Waals surface area contributed by atoms with Crippen molar-refractivity contribution < 1.29 is 9.90 Å². The minimum absolute atomic E-state index is 0.0772. The molecule has 1 aromatic carbocycles. The summed E-state index contributed by atoms with van der Waals surface area (Å²) in [6, 6.07) is 9.49. The summed E-state index contributed by atoms with van der Waals surface area (Å²) in [5.74, 6) is 0. The molecule has 0 radical (unpaired) electrons. The average molecular weight is 220 g/mol. The number of aliphatic hydroxyl groups excluding tert-OH is 1. The number of carbonyl (C=O) groups is 1. The van der Waals surface area contributed by atoms with Crippen molar-refractivity contribution in [3.8, 4) is 0 Å². The first kappa shape index (κ1) is 11.0. The van der Waals surface area contributed by atoms with Crippen LogP contribution >= 0.6 is 0 Å². The molecule has 2 rings (SSSR count). The third kappa shape index (κ3) is 1.76. The number of nitrogens with zero attached hydrogens (tertiary/aromatic N) is 1. The SMILES string of the molecule is CC1(CCCO)NC(=O)N1c1ccccc1. The van der Waals surface area contributed by atoms with Gasteiger partial charge in [-0.05, 0) is 31.9 Å². The van der Waals surface area contributed by atoms with E-state index in [1.165, 1.54) is 0 Å². The number of amides is 2. The van der Waals surface area contributed by atoms with Crippen LogP contribution in [0.3, 0.4) is 0 Å². The van der Waals surface area contributed by atoms with E-state index in [-0.39, 0.29) is 18.3 Å². The van der Waals surface area contributed by atoms with Crippen LogP contribution in [0.1, 0.15) is 19.8 Å². The number of aliphatic hydroxyl groups is 1. The molecule has 2 N–H and O–H groups in total. The topological polar surface area (TPSA) is 52.6 Å². The summed E-state index contributed by atoms with van der Waals surface area (Å²) in [5, 5.41) is 11.7. The van der Waals surface area contributed by atoms with Gasteiger partial charge in [0.15, 0.2) is 0 Å². The zero-order valence-electron chi connectivity index (χ0n) is 9.31. The fourth-order valence-electron chi connectivity index (χ4n) is 2.09. The zero-order chi connectivity index (χ0) is 11.6. The van der Waals surface area contributed by atoms with E-state index in [2.05, 4.69) is 5.32 Å². The number of para-hydroxylation sites is 1. The Morgan fingerprint density at radius 2 is 2.06 bits per heavy atom. The Hall–Kier alpha value is -1.55. The molecule has 0 aromatic heterocycles. The summed E-state index contributed by atoms with van der Waals surface area (Å²) in [5.41, 5.74) is 0.535. The summed E-state index contributed by atoms with van der Waals surface area (Å²) < 4.78 is 0. The second-order valence-electron chi connectivity index (χ2n) is 4.20. The van der Waals surface area contributed by atoms with Crippen molar-refractivity contribution in [2.45, 2.75) is 25.4 Å². The van der Waals surface area contributed by atoms with Crippen molar-refractivity contribution in [3.63, 3.8) is 0 Å². The molecule has 1 aliphatic rings. The largest absolute Gasteiger partial charge is 0.396 e. The molecule has 0 saturated carbocycles. The van der Waals surface area contributed by atoms with Gasteiger partial charge in [0.1, 0.15) is 5.66 Å². The summed E-state index contributed by atoms with van der Waals surface area (Å²) in [6.45, 7) is 2.12. The molecular formula is C12H16N2O2. The van der Waals surface area contributed by atoms with Crippen LogP contribution < -0.4 is 10.2 Å². The predicted molar refractivity (Wildman–Crippen MR) is 62.2 cm³/mol. The highest BCUT2D eigenvalue weighted by atomic mass is 16.3. The highest BCUT2D eigenvalue weighted by molar-refractivity contribution is 6.00. The zero-order valence-corrected chi connectivity index (χ0v) is 9.31. The van der Waals surface area contributed by atoms with Crippen LogP contribution in [0.4, 0.5) is 10.5 Å². The lowest BCUT2D eigenvalue weighted by Crippen LogP contribution is -2.74. The Balaban J connectivity index is 2.16. The molecule has 1 heterocycles. The van der Waals surface area contributed by atoms with E-state index in [4.69, 9.17) is 5.11 Å². The van der Waals surface area contributed by atoms with Gasteiger partial charge >= 0.3 is 6.03 Å². The Morgan fingerprint density at radius 3 is 2.62 bits per heavy atom. The number of carbonyl (C=O) groups excluding carboxylic acids is 1. The lowest BCUT2D eigenvalue weighted by Gasteiger charge is -2.51. The Bertz CT molecular complexity index is 380. The molecule has 1 aliphatic heterocycles. The number of rotatable bonds is 4. The van der Waals surface area contributed by atoms with Crippen LogP contribution in [0.5, 0.6) is 0 Å². The van der Waals surface area contributed by atoms with Gasteiger partial charge in [-0.3, -0.25) is 4.90 Å².